The minimum absolute atomic E-state index is 0.361. The number of nitrogens with zero attached hydrogens (tertiary/aromatic N) is 1. The average Bonchev–Trinajstić information content (AvgIpc) is 3.03. The van der Waals surface area contributed by atoms with Crippen LogP contribution in [0.15, 0.2) is 67.7 Å². The Morgan fingerprint density at radius 2 is 2.05 bits per heavy atom. The molecule has 1 saturated heterocycles. The number of nitrogens with one attached hydrogen (secondary N) is 2. The van der Waals surface area contributed by atoms with E-state index in [1.54, 1.807) is 6.20 Å². The van der Waals surface area contributed by atoms with Crippen LogP contribution in [0, 0.1) is 0 Å². The van der Waals surface area contributed by atoms with Gasteiger partial charge in [-0.15, -0.1) is 0 Å². The molecule has 2 N–H and O–H groups in total. The largest absolute Gasteiger partial charge is 0.391 e. The van der Waals surface area contributed by atoms with Gasteiger partial charge in [-0.05, 0) is 24.6 Å². The molecule has 1 aliphatic rings. The lowest BCUT2D eigenvalue weighted by molar-refractivity contribution is 0.332. The van der Waals surface area contributed by atoms with E-state index in [0.29, 0.717) is 6.04 Å². The molecule has 0 amide bonds. The third kappa shape index (κ3) is 4.42. The van der Waals surface area contributed by atoms with Crippen LogP contribution in [0.3, 0.4) is 0 Å². The second-order valence-corrected chi connectivity index (χ2v) is 5.69. The maximum absolute atomic E-state index is 4.26. The molecule has 0 aromatic heterocycles. The fourth-order valence-corrected chi connectivity index (χ4v) is 2.90. The predicted octanol–water partition coefficient (Wildman–Crippen LogP) is 3.39. The van der Waals surface area contributed by atoms with Crippen LogP contribution in [0.5, 0.6) is 0 Å². The van der Waals surface area contributed by atoms with Gasteiger partial charge in [-0.25, -0.2) is 0 Å². The molecule has 3 nitrogen and oxygen atoms in total. The van der Waals surface area contributed by atoms with E-state index >= 15 is 0 Å². The minimum Gasteiger partial charge on any atom is -0.391 e. The monoisotopic (exact) mass is 297 g/mol. The highest BCUT2D eigenvalue weighted by atomic mass is 15.2. The third-order valence-electron chi connectivity index (χ3n) is 4.13. The smallest absolute Gasteiger partial charge is 0.0679 e. The van der Waals surface area contributed by atoms with Crippen LogP contribution in [-0.4, -0.2) is 24.0 Å². The Labute approximate surface area is 134 Å². The first-order chi connectivity index (χ1) is 10.7. The Bertz CT molecular complexity index is 507. The van der Waals surface area contributed by atoms with Gasteiger partial charge in [0.15, 0.2) is 0 Å². The number of benzene rings is 1. The fraction of sp³-hybridized carbons (Fsp3) is 0.368. The SMILES string of the molecule is C=CNCCC(=C)N1CCCC1C(=C)NCc1ccccc1. The number of rotatable bonds is 9. The van der Waals surface area contributed by atoms with Gasteiger partial charge in [0.05, 0.1) is 6.04 Å². The van der Waals surface area contributed by atoms with Crippen molar-refractivity contribution in [3.63, 3.8) is 0 Å². The van der Waals surface area contributed by atoms with E-state index in [-0.39, 0.29) is 0 Å². The minimum atomic E-state index is 0.361. The van der Waals surface area contributed by atoms with Gasteiger partial charge in [0, 0.05) is 37.4 Å². The summed E-state index contributed by atoms with van der Waals surface area (Å²) in [5.74, 6) is 0. The molecule has 0 spiro atoms. The summed E-state index contributed by atoms with van der Waals surface area (Å²) in [6.07, 6.45) is 5.02. The van der Waals surface area contributed by atoms with Gasteiger partial charge < -0.3 is 15.5 Å². The summed E-state index contributed by atoms with van der Waals surface area (Å²) in [6.45, 7) is 15.0. The highest BCUT2D eigenvalue weighted by Crippen LogP contribution is 2.26. The molecule has 1 unspecified atom stereocenters. The van der Waals surface area contributed by atoms with Crippen LogP contribution in [0.2, 0.25) is 0 Å². The maximum atomic E-state index is 4.26. The Morgan fingerprint density at radius 1 is 1.27 bits per heavy atom. The van der Waals surface area contributed by atoms with Crippen molar-refractivity contribution >= 4 is 0 Å². The second kappa shape index (κ2) is 8.32. The average molecular weight is 297 g/mol. The van der Waals surface area contributed by atoms with E-state index in [0.717, 1.165) is 38.2 Å². The summed E-state index contributed by atoms with van der Waals surface area (Å²) in [6, 6.07) is 10.8. The molecule has 3 heteroatoms. The second-order valence-electron chi connectivity index (χ2n) is 5.69. The predicted molar refractivity (Wildman–Crippen MR) is 94.1 cm³/mol. The van der Waals surface area contributed by atoms with Gasteiger partial charge in [-0.1, -0.05) is 50.1 Å². The van der Waals surface area contributed by atoms with Crippen LogP contribution in [0.25, 0.3) is 0 Å². The van der Waals surface area contributed by atoms with Crippen molar-refractivity contribution in [3.05, 3.63) is 73.2 Å². The van der Waals surface area contributed by atoms with Gasteiger partial charge in [-0.2, -0.15) is 0 Å². The zero-order valence-corrected chi connectivity index (χ0v) is 13.4. The zero-order chi connectivity index (χ0) is 15.8. The summed E-state index contributed by atoms with van der Waals surface area (Å²) < 4.78 is 0. The molecule has 1 atom stereocenters. The Balaban J connectivity index is 1.85. The Morgan fingerprint density at radius 3 is 2.77 bits per heavy atom. The van der Waals surface area contributed by atoms with Crippen LogP contribution >= 0.6 is 0 Å². The van der Waals surface area contributed by atoms with Gasteiger partial charge in [0.1, 0.15) is 0 Å². The molecule has 1 aliphatic heterocycles. The summed E-state index contributed by atoms with van der Waals surface area (Å²) >= 11 is 0. The molecular weight excluding hydrogens is 270 g/mol. The molecule has 0 bridgehead atoms. The van der Waals surface area contributed by atoms with Gasteiger partial charge in [0.25, 0.3) is 0 Å². The van der Waals surface area contributed by atoms with E-state index in [1.165, 1.54) is 17.7 Å². The quantitative estimate of drug-likeness (QED) is 0.684. The van der Waals surface area contributed by atoms with Crippen molar-refractivity contribution in [2.24, 2.45) is 0 Å². The molecule has 2 rings (SSSR count). The molecule has 1 aromatic rings. The van der Waals surface area contributed by atoms with E-state index in [4.69, 9.17) is 0 Å². The molecule has 118 valence electrons. The van der Waals surface area contributed by atoms with Crippen LogP contribution in [0.4, 0.5) is 0 Å². The first kappa shape index (κ1) is 16.2. The Kier molecular flexibility index (Phi) is 6.13. The van der Waals surface area contributed by atoms with Crippen LogP contribution in [0.1, 0.15) is 24.8 Å². The number of likely N-dealkylation sites (tertiary alicyclic amines) is 1. The van der Waals surface area contributed by atoms with E-state index in [2.05, 4.69) is 59.5 Å². The van der Waals surface area contributed by atoms with E-state index in [9.17, 15) is 0 Å². The summed E-state index contributed by atoms with van der Waals surface area (Å²) in [5.41, 5.74) is 3.56. The van der Waals surface area contributed by atoms with Gasteiger partial charge >= 0.3 is 0 Å². The molecule has 0 saturated carbocycles. The van der Waals surface area contributed by atoms with Crippen molar-refractivity contribution in [2.45, 2.75) is 31.8 Å². The van der Waals surface area contributed by atoms with Crippen molar-refractivity contribution in [3.8, 4) is 0 Å². The summed E-state index contributed by atoms with van der Waals surface area (Å²) in [4.78, 5) is 2.39. The first-order valence-electron chi connectivity index (χ1n) is 7.97. The molecule has 1 heterocycles. The number of hydrogen-bond acceptors (Lipinski definition) is 3. The lowest BCUT2D eigenvalue weighted by Gasteiger charge is -2.30. The molecule has 0 radical (unpaired) electrons. The zero-order valence-electron chi connectivity index (χ0n) is 13.4. The third-order valence-corrected chi connectivity index (χ3v) is 4.13. The lowest BCUT2D eigenvalue weighted by atomic mass is 10.1. The normalized spacial score (nSPS) is 17.1. The molecule has 0 aliphatic carbocycles. The highest BCUT2D eigenvalue weighted by Gasteiger charge is 2.27. The van der Waals surface area contributed by atoms with Crippen LogP contribution < -0.4 is 10.6 Å². The van der Waals surface area contributed by atoms with Crippen molar-refractivity contribution in [1.82, 2.24) is 15.5 Å². The fourth-order valence-electron chi connectivity index (χ4n) is 2.90. The summed E-state index contributed by atoms with van der Waals surface area (Å²) in [5, 5.41) is 6.62. The van der Waals surface area contributed by atoms with E-state index < -0.39 is 0 Å². The lowest BCUT2D eigenvalue weighted by Crippen LogP contribution is -2.35. The molecule has 22 heavy (non-hydrogen) atoms. The molecular formula is C19H27N3. The Hall–Kier alpha value is -2.16. The standard InChI is InChI=1S/C19H27N3/c1-4-20-13-12-16(2)22-14-8-11-19(22)17(3)21-15-18-9-6-5-7-10-18/h4-7,9-10,19-21H,1-3,8,11-15H2. The molecule has 1 aromatic carbocycles. The van der Waals surface area contributed by atoms with Crippen LogP contribution in [-0.2, 0) is 6.54 Å². The summed E-state index contributed by atoms with van der Waals surface area (Å²) in [7, 11) is 0. The van der Waals surface area contributed by atoms with Crippen molar-refractivity contribution in [1.29, 1.82) is 0 Å². The highest BCUT2D eigenvalue weighted by molar-refractivity contribution is 5.18. The maximum Gasteiger partial charge on any atom is 0.0679 e. The van der Waals surface area contributed by atoms with Gasteiger partial charge in [-0.3, -0.25) is 0 Å². The van der Waals surface area contributed by atoms with Gasteiger partial charge in [0.2, 0.25) is 0 Å². The van der Waals surface area contributed by atoms with E-state index in [1.807, 2.05) is 6.07 Å². The first-order valence-corrected chi connectivity index (χ1v) is 7.97. The van der Waals surface area contributed by atoms with Crippen molar-refractivity contribution < 1.29 is 0 Å². The molecule has 1 fully saturated rings. The van der Waals surface area contributed by atoms with Crippen molar-refractivity contribution in [2.75, 3.05) is 13.1 Å². The topological polar surface area (TPSA) is 27.3 Å². The number of hydrogen-bond donors (Lipinski definition) is 2.